The average molecular weight is 294 g/mol. The van der Waals surface area contributed by atoms with Crippen molar-refractivity contribution in [3.63, 3.8) is 0 Å². The van der Waals surface area contributed by atoms with Crippen LogP contribution in [0.15, 0.2) is 23.1 Å². The quantitative estimate of drug-likeness (QED) is 0.836. The van der Waals surface area contributed by atoms with Gasteiger partial charge in [0, 0.05) is 10.6 Å². The largest absolute Gasteiger partial charge is 0.480 e. The molecule has 0 aliphatic carbocycles. The molecular formula is C14H18N2O3S. The number of aliphatic carboxylic acids is 1. The predicted molar refractivity (Wildman–Crippen MR) is 80.0 cm³/mol. The van der Waals surface area contributed by atoms with Crippen LogP contribution in [0.3, 0.4) is 0 Å². The first-order valence-electron chi connectivity index (χ1n) is 6.42. The predicted octanol–water partition coefficient (Wildman–Crippen LogP) is 2.35. The van der Waals surface area contributed by atoms with Crippen molar-refractivity contribution >= 4 is 35.0 Å². The second kappa shape index (κ2) is 5.01. The summed E-state index contributed by atoms with van der Waals surface area (Å²) in [5.74, 6) is -1.20. The van der Waals surface area contributed by atoms with Crippen LogP contribution in [0.4, 0.5) is 11.4 Å². The zero-order valence-corrected chi connectivity index (χ0v) is 12.5. The zero-order valence-electron chi connectivity index (χ0n) is 11.7. The van der Waals surface area contributed by atoms with E-state index in [1.807, 2.05) is 6.92 Å². The standard InChI is InChI=1S/C14H18N2O3S/c1-4-10-12(17)16(14(2,3)13(18)19)9-6-5-8(15)7-11(9)20-10/h5-7,10H,4,15H2,1-3H3,(H,18,19). The molecule has 1 heterocycles. The minimum absolute atomic E-state index is 0.165. The second-order valence-electron chi connectivity index (χ2n) is 5.28. The minimum atomic E-state index is -1.30. The van der Waals surface area contributed by atoms with Crippen LogP contribution in [0.1, 0.15) is 27.2 Å². The van der Waals surface area contributed by atoms with E-state index in [0.29, 0.717) is 17.8 Å². The Balaban J connectivity index is 2.60. The minimum Gasteiger partial charge on any atom is -0.480 e. The Bertz CT molecular complexity index is 572. The first kappa shape index (κ1) is 14.7. The third-order valence-electron chi connectivity index (χ3n) is 3.44. The Morgan fingerprint density at radius 1 is 1.50 bits per heavy atom. The number of benzene rings is 1. The lowest BCUT2D eigenvalue weighted by Crippen LogP contribution is -2.57. The van der Waals surface area contributed by atoms with Crippen LogP contribution in [0.25, 0.3) is 0 Å². The van der Waals surface area contributed by atoms with Crippen LogP contribution in [0.5, 0.6) is 0 Å². The summed E-state index contributed by atoms with van der Waals surface area (Å²) in [4.78, 5) is 26.3. The van der Waals surface area contributed by atoms with Gasteiger partial charge in [-0.3, -0.25) is 9.69 Å². The number of hydrogen-bond donors (Lipinski definition) is 2. The highest BCUT2D eigenvalue weighted by Gasteiger charge is 2.44. The summed E-state index contributed by atoms with van der Waals surface area (Å²) in [5.41, 5.74) is 5.71. The molecule has 0 saturated heterocycles. The summed E-state index contributed by atoms with van der Waals surface area (Å²) in [7, 11) is 0. The molecule has 1 aliphatic heterocycles. The van der Waals surface area contributed by atoms with Gasteiger partial charge in [0.05, 0.1) is 10.9 Å². The fourth-order valence-corrected chi connectivity index (χ4v) is 3.37. The van der Waals surface area contributed by atoms with Crippen molar-refractivity contribution in [1.82, 2.24) is 0 Å². The van der Waals surface area contributed by atoms with Crippen molar-refractivity contribution < 1.29 is 14.7 Å². The summed E-state index contributed by atoms with van der Waals surface area (Å²) < 4.78 is 0. The lowest BCUT2D eigenvalue weighted by atomic mass is 10.00. The number of carboxylic acids is 1. The molecule has 0 spiro atoms. The maximum atomic E-state index is 12.6. The van der Waals surface area contributed by atoms with Gasteiger partial charge in [-0.1, -0.05) is 6.92 Å². The van der Waals surface area contributed by atoms with Gasteiger partial charge in [0.2, 0.25) is 5.91 Å². The second-order valence-corrected chi connectivity index (χ2v) is 6.52. The zero-order chi connectivity index (χ0) is 15.1. The number of nitrogens with zero attached hydrogens (tertiary/aromatic N) is 1. The molecule has 5 nitrogen and oxygen atoms in total. The van der Waals surface area contributed by atoms with Gasteiger partial charge in [-0.05, 0) is 38.5 Å². The monoisotopic (exact) mass is 294 g/mol. The molecule has 0 fully saturated rings. The maximum Gasteiger partial charge on any atom is 0.329 e. The normalized spacial score (nSPS) is 18.9. The van der Waals surface area contributed by atoms with Gasteiger partial charge in [-0.25, -0.2) is 4.79 Å². The van der Waals surface area contributed by atoms with E-state index in [2.05, 4.69) is 0 Å². The van der Waals surface area contributed by atoms with Crippen molar-refractivity contribution in [3.05, 3.63) is 18.2 Å². The Hall–Kier alpha value is -1.69. The van der Waals surface area contributed by atoms with Crippen molar-refractivity contribution in [3.8, 4) is 0 Å². The van der Waals surface area contributed by atoms with Gasteiger partial charge >= 0.3 is 5.97 Å². The molecule has 0 bridgehead atoms. The van der Waals surface area contributed by atoms with Crippen LogP contribution in [0.2, 0.25) is 0 Å². The third-order valence-corrected chi connectivity index (χ3v) is 4.84. The molecule has 0 radical (unpaired) electrons. The number of rotatable bonds is 3. The summed E-state index contributed by atoms with van der Waals surface area (Å²) in [5, 5.41) is 9.15. The van der Waals surface area contributed by atoms with Crippen molar-refractivity contribution in [2.75, 3.05) is 10.6 Å². The van der Waals surface area contributed by atoms with Gasteiger partial charge in [0.1, 0.15) is 5.54 Å². The number of anilines is 2. The highest BCUT2D eigenvalue weighted by molar-refractivity contribution is 8.01. The number of carbonyl (C=O) groups is 2. The molecule has 1 atom stereocenters. The van der Waals surface area contributed by atoms with E-state index in [9.17, 15) is 14.7 Å². The van der Waals surface area contributed by atoms with Crippen LogP contribution < -0.4 is 10.6 Å². The Morgan fingerprint density at radius 3 is 2.70 bits per heavy atom. The molecular weight excluding hydrogens is 276 g/mol. The van der Waals surface area contributed by atoms with Crippen LogP contribution >= 0.6 is 11.8 Å². The number of amides is 1. The Labute approximate surface area is 122 Å². The van der Waals surface area contributed by atoms with Crippen LogP contribution in [-0.2, 0) is 9.59 Å². The topological polar surface area (TPSA) is 83.6 Å². The molecule has 1 aromatic carbocycles. The SMILES string of the molecule is CCC1Sc2cc(N)ccc2N(C(C)(C)C(=O)O)C1=O. The van der Waals surface area contributed by atoms with Crippen molar-refractivity contribution in [1.29, 1.82) is 0 Å². The highest BCUT2D eigenvalue weighted by atomic mass is 32.2. The average Bonchev–Trinajstić information content (AvgIpc) is 2.37. The van der Waals surface area contributed by atoms with E-state index in [-0.39, 0.29) is 11.2 Å². The molecule has 108 valence electrons. The molecule has 1 aromatic rings. The fraction of sp³-hybridized carbons (Fsp3) is 0.429. The molecule has 1 aliphatic rings. The van der Waals surface area contributed by atoms with E-state index in [0.717, 1.165) is 4.90 Å². The van der Waals surface area contributed by atoms with Crippen LogP contribution in [-0.4, -0.2) is 27.8 Å². The van der Waals surface area contributed by atoms with Crippen molar-refractivity contribution in [2.45, 2.75) is 42.9 Å². The van der Waals surface area contributed by atoms with E-state index < -0.39 is 11.5 Å². The van der Waals surface area contributed by atoms with Gasteiger partial charge < -0.3 is 10.8 Å². The van der Waals surface area contributed by atoms with Gasteiger partial charge in [-0.15, -0.1) is 11.8 Å². The molecule has 0 saturated carbocycles. The molecule has 1 unspecified atom stereocenters. The fourth-order valence-electron chi connectivity index (χ4n) is 2.21. The number of carboxylic acid groups (broad SMARTS) is 1. The van der Waals surface area contributed by atoms with Crippen LogP contribution in [0, 0.1) is 0 Å². The summed E-state index contributed by atoms with van der Waals surface area (Å²) in [6.45, 7) is 4.99. The molecule has 20 heavy (non-hydrogen) atoms. The number of carbonyl (C=O) groups excluding carboxylic acids is 1. The van der Waals surface area contributed by atoms with E-state index in [1.54, 1.807) is 18.2 Å². The molecule has 0 aromatic heterocycles. The van der Waals surface area contributed by atoms with Gasteiger partial charge in [0.15, 0.2) is 0 Å². The molecule has 2 rings (SSSR count). The first-order chi connectivity index (χ1) is 9.28. The Morgan fingerprint density at radius 2 is 2.15 bits per heavy atom. The summed E-state index contributed by atoms with van der Waals surface area (Å²) in [6.07, 6.45) is 0.643. The number of fused-ring (bicyclic) bond motifs is 1. The first-order valence-corrected chi connectivity index (χ1v) is 7.30. The molecule has 1 amide bonds. The van der Waals surface area contributed by atoms with E-state index >= 15 is 0 Å². The van der Waals surface area contributed by atoms with Crippen molar-refractivity contribution in [2.24, 2.45) is 0 Å². The third kappa shape index (κ3) is 2.24. The Kier molecular flexibility index (Phi) is 3.69. The summed E-state index contributed by atoms with van der Waals surface area (Å²) in [6, 6.07) is 5.19. The lowest BCUT2D eigenvalue weighted by molar-refractivity contribution is -0.143. The lowest BCUT2D eigenvalue weighted by Gasteiger charge is -2.41. The number of hydrogen-bond acceptors (Lipinski definition) is 4. The molecule has 3 N–H and O–H groups in total. The summed E-state index contributed by atoms with van der Waals surface area (Å²) >= 11 is 1.45. The van der Waals surface area contributed by atoms with E-state index in [1.165, 1.54) is 30.5 Å². The smallest absolute Gasteiger partial charge is 0.329 e. The number of nitrogens with two attached hydrogens (primary N) is 1. The highest BCUT2D eigenvalue weighted by Crippen LogP contribution is 2.44. The number of nitrogen functional groups attached to an aromatic ring is 1. The molecule has 6 heteroatoms. The van der Waals surface area contributed by atoms with E-state index in [4.69, 9.17) is 5.73 Å². The maximum absolute atomic E-state index is 12.6. The van der Waals surface area contributed by atoms with Gasteiger partial charge in [-0.2, -0.15) is 0 Å². The number of thioether (sulfide) groups is 1. The van der Waals surface area contributed by atoms with Gasteiger partial charge in [0.25, 0.3) is 0 Å².